The summed E-state index contributed by atoms with van der Waals surface area (Å²) < 4.78 is 36.4. The monoisotopic (exact) mass is 717 g/mol. The number of ether oxygens (including phenoxy) is 1. The van der Waals surface area contributed by atoms with Crippen molar-refractivity contribution in [2.24, 2.45) is 0 Å². The molecule has 0 radical (unpaired) electrons. The zero-order chi connectivity index (χ0) is 36.4. The van der Waals surface area contributed by atoms with Gasteiger partial charge in [0, 0.05) is 81.1 Å². The van der Waals surface area contributed by atoms with Crippen molar-refractivity contribution in [2.45, 2.75) is 37.7 Å². The first-order chi connectivity index (χ1) is 25.1. The smallest absolute Gasteiger partial charge is 0.262 e. The number of nitrogens with one attached hydrogen (secondary N) is 1. The fraction of sp³-hybridized carbons (Fsp3) is 0.310. The van der Waals surface area contributed by atoms with Crippen molar-refractivity contribution in [1.29, 1.82) is 0 Å². The van der Waals surface area contributed by atoms with Crippen molar-refractivity contribution in [3.05, 3.63) is 120 Å². The van der Waals surface area contributed by atoms with Gasteiger partial charge in [0.2, 0.25) is 0 Å². The van der Waals surface area contributed by atoms with Gasteiger partial charge in [0.25, 0.3) is 15.9 Å². The standard InChI is InChI=1S/C42H47N5O4S/c1-30(2)51-40-16-6-5-14-38(40)46-26-24-45(25-27-46)22-20-31-10-7-11-33(28-31)42(48)47-23-21-32-18-19-34(29-39(32)47)43-52(49,50)41-17-9-12-35-36(41)13-8-15-37(35)44(3)4/h5-19,28-30,43H,20-27H2,1-4H3. The van der Waals surface area contributed by atoms with E-state index in [4.69, 9.17) is 4.74 Å². The number of fused-ring (bicyclic) bond motifs is 2. The summed E-state index contributed by atoms with van der Waals surface area (Å²) in [6, 6.07) is 32.7. The second-order valence-corrected chi connectivity index (χ2v) is 15.7. The topological polar surface area (TPSA) is 85.4 Å². The van der Waals surface area contributed by atoms with Gasteiger partial charge in [0.15, 0.2) is 0 Å². The van der Waals surface area contributed by atoms with E-state index in [0.29, 0.717) is 29.6 Å². The summed E-state index contributed by atoms with van der Waals surface area (Å²) >= 11 is 0. The lowest BCUT2D eigenvalue weighted by Crippen LogP contribution is -2.47. The van der Waals surface area contributed by atoms with Crippen molar-refractivity contribution in [3.63, 3.8) is 0 Å². The molecule has 0 atom stereocenters. The number of sulfonamides is 1. The van der Waals surface area contributed by atoms with Crippen LogP contribution in [0.2, 0.25) is 0 Å². The van der Waals surface area contributed by atoms with Crippen LogP contribution >= 0.6 is 0 Å². The van der Waals surface area contributed by atoms with Crippen LogP contribution in [0.1, 0.15) is 35.3 Å². The van der Waals surface area contributed by atoms with Gasteiger partial charge in [-0.15, -0.1) is 0 Å². The van der Waals surface area contributed by atoms with Gasteiger partial charge < -0.3 is 19.4 Å². The van der Waals surface area contributed by atoms with Gasteiger partial charge in [-0.25, -0.2) is 8.42 Å². The Labute approximate surface area is 307 Å². The first-order valence-electron chi connectivity index (χ1n) is 18.1. The van der Waals surface area contributed by atoms with Gasteiger partial charge >= 0.3 is 0 Å². The van der Waals surface area contributed by atoms with Crippen molar-refractivity contribution in [3.8, 4) is 5.75 Å². The number of benzene rings is 5. The molecule has 1 amide bonds. The highest BCUT2D eigenvalue weighted by Gasteiger charge is 2.28. The minimum atomic E-state index is -3.92. The van der Waals surface area contributed by atoms with E-state index in [9.17, 15) is 13.2 Å². The number of rotatable bonds is 11. The molecule has 2 aliphatic rings. The highest BCUT2D eigenvalue weighted by Crippen LogP contribution is 2.35. The average molecular weight is 718 g/mol. The van der Waals surface area contributed by atoms with Crippen molar-refractivity contribution in [1.82, 2.24) is 4.90 Å². The fourth-order valence-corrected chi connectivity index (χ4v) is 8.61. The van der Waals surface area contributed by atoms with Crippen LogP contribution in [-0.4, -0.2) is 78.7 Å². The van der Waals surface area contributed by atoms with Gasteiger partial charge in [-0.1, -0.05) is 54.6 Å². The van der Waals surface area contributed by atoms with Crippen LogP contribution in [0.4, 0.5) is 22.7 Å². The highest BCUT2D eigenvalue weighted by atomic mass is 32.2. The number of piperazine rings is 1. The molecule has 2 aliphatic heterocycles. The Kier molecular flexibility index (Phi) is 10.1. The molecule has 7 rings (SSSR count). The zero-order valence-corrected chi connectivity index (χ0v) is 31.2. The van der Waals surface area contributed by atoms with E-state index in [1.807, 2.05) is 79.7 Å². The summed E-state index contributed by atoms with van der Waals surface area (Å²) in [5.41, 5.74) is 6.03. The number of anilines is 4. The molecule has 0 aliphatic carbocycles. The molecule has 0 saturated carbocycles. The van der Waals surface area contributed by atoms with E-state index < -0.39 is 10.0 Å². The molecule has 270 valence electrons. The van der Waals surface area contributed by atoms with E-state index in [1.54, 1.807) is 29.2 Å². The van der Waals surface area contributed by atoms with Gasteiger partial charge in [-0.3, -0.25) is 14.4 Å². The maximum atomic E-state index is 13.9. The minimum absolute atomic E-state index is 0.0817. The summed E-state index contributed by atoms with van der Waals surface area (Å²) in [6.45, 7) is 9.36. The molecule has 5 aromatic carbocycles. The second kappa shape index (κ2) is 14.9. The maximum absolute atomic E-state index is 13.9. The summed E-state index contributed by atoms with van der Waals surface area (Å²) in [7, 11) is -0.0372. The van der Waals surface area contributed by atoms with E-state index in [2.05, 4.69) is 46.6 Å². The van der Waals surface area contributed by atoms with E-state index >= 15 is 0 Å². The van der Waals surface area contributed by atoms with Gasteiger partial charge in [0.1, 0.15) is 5.75 Å². The lowest BCUT2D eigenvalue weighted by Gasteiger charge is -2.37. The quantitative estimate of drug-likeness (QED) is 0.157. The fourth-order valence-electron chi connectivity index (χ4n) is 7.34. The van der Waals surface area contributed by atoms with Gasteiger partial charge in [0.05, 0.1) is 22.4 Å². The van der Waals surface area contributed by atoms with Gasteiger partial charge in [-0.2, -0.15) is 0 Å². The summed E-state index contributed by atoms with van der Waals surface area (Å²) in [4.78, 5) is 22.8. The number of amides is 1. The lowest BCUT2D eigenvalue weighted by molar-refractivity contribution is 0.0989. The molecule has 0 unspecified atom stereocenters. The Morgan fingerprint density at radius 2 is 1.56 bits per heavy atom. The predicted molar refractivity (Wildman–Crippen MR) is 212 cm³/mol. The Balaban J connectivity index is 1.01. The van der Waals surface area contributed by atoms with Crippen molar-refractivity contribution in [2.75, 3.05) is 72.8 Å². The highest BCUT2D eigenvalue weighted by molar-refractivity contribution is 7.93. The summed E-state index contributed by atoms with van der Waals surface area (Å²) in [5.74, 6) is 0.854. The molecule has 1 saturated heterocycles. The molecular formula is C42H47N5O4S. The Hall–Kier alpha value is -5.06. The van der Waals surface area contributed by atoms with Crippen LogP contribution in [0.15, 0.2) is 108 Å². The molecular weight excluding hydrogens is 671 g/mol. The van der Waals surface area contributed by atoms with Gasteiger partial charge in [-0.05, 0) is 86.3 Å². The predicted octanol–water partition coefficient (Wildman–Crippen LogP) is 7.06. The number of carbonyl (C=O) groups excluding carboxylic acids is 1. The summed E-state index contributed by atoms with van der Waals surface area (Å²) in [6.07, 6.45) is 1.69. The molecule has 5 aromatic rings. The van der Waals surface area contributed by atoms with E-state index in [1.165, 1.54) is 0 Å². The molecule has 1 fully saturated rings. The Morgan fingerprint density at radius 3 is 2.35 bits per heavy atom. The molecule has 52 heavy (non-hydrogen) atoms. The molecule has 0 bridgehead atoms. The molecule has 2 heterocycles. The molecule has 9 nitrogen and oxygen atoms in total. The van der Waals surface area contributed by atoms with Crippen molar-refractivity contribution >= 4 is 49.5 Å². The zero-order valence-electron chi connectivity index (χ0n) is 30.4. The van der Waals surface area contributed by atoms with E-state index in [0.717, 1.165) is 78.5 Å². The van der Waals surface area contributed by atoms with Crippen LogP contribution in [-0.2, 0) is 22.9 Å². The normalized spacial score (nSPS) is 14.9. The number of para-hydroxylation sites is 2. The summed E-state index contributed by atoms with van der Waals surface area (Å²) in [5, 5.41) is 1.51. The second-order valence-electron chi connectivity index (χ2n) is 14.1. The first kappa shape index (κ1) is 35.3. The van der Waals surface area contributed by atoms with E-state index in [-0.39, 0.29) is 16.9 Å². The maximum Gasteiger partial charge on any atom is 0.262 e. The van der Waals surface area contributed by atoms with Crippen LogP contribution in [0.25, 0.3) is 10.8 Å². The number of carbonyl (C=O) groups is 1. The molecule has 0 aromatic heterocycles. The van der Waals surface area contributed by atoms with Crippen molar-refractivity contribution < 1.29 is 17.9 Å². The number of hydrogen-bond acceptors (Lipinski definition) is 7. The number of hydrogen-bond donors (Lipinski definition) is 1. The average Bonchev–Trinajstić information content (AvgIpc) is 3.56. The largest absolute Gasteiger partial charge is 0.489 e. The molecule has 10 heteroatoms. The Morgan fingerprint density at radius 1 is 0.808 bits per heavy atom. The minimum Gasteiger partial charge on any atom is -0.489 e. The third kappa shape index (κ3) is 7.45. The molecule has 1 N–H and O–H groups in total. The molecule has 0 spiro atoms. The lowest BCUT2D eigenvalue weighted by atomic mass is 10.1. The van der Waals surface area contributed by atoms with Crippen LogP contribution < -0.4 is 24.2 Å². The van der Waals surface area contributed by atoms with Crippen LogP contribution in [0, 0.1) is 0 Å². The SMILES string of the molecule is CC(C)Oc1ccccc1N1CCN(CCc2cccc(C(=O)N3CCc4ccc(NS(=O)(=O)c5cccc6c(N(C)C)cccc56)cc43)c2)CC1. The number of nitrogens with zero attached hydrogens (tertiary/aromatic N) is 4. The third-order valence-corrected chi connectivity index (χ3v) is 11.4. The third-order valence-electron chi connectivity index (χ3n) is 9.94. The Bertz CT molecular complexity index is 2190. The van der Waals surface area contributed by atoms with Crippen LogP contribution in [0.3, 0.4) is 0 Å². The van der Waals surface area contributed by atoms with Crippen LogP contribution in [0.5, 0.6) is 5.75 Å². The first-order valence-corrected chi connectivity index (χ1v) is 19.5.